The van der Waals surface area contributed by atoms with Crippen molar-refractivity contribution in [3.63, 3.8) is 0 Å². The van der Waals surface area contributed by atoms with Gasteiger partial charge in [-0.05, 0) is 24.3 Å². The van der Waals surface area contributed by atoms with Crippen LogP contribution in [0, 0.1) is 30.6 Å². The summed E-state index contributed by atoms with van der Waals surface area (Å²) in [6.07, 6.45) is 0. The Bertz CT molecular complexity index is 928. The van der Waals surface area contributed by atoms with E-state index in [1.807, 2.05) is 48.5 Å². The van der Waals surface area contributed by atoms with Crippen molar-refractivity contribution in [1.29, 1.82) is 0 Å². The minimum atomic E-state index is -1.75. The van der Waals surface area contributed by atoms with Crippen LogP contribution in [0.5, 0.6) is 0 Å². The second-order valence-electron chi connectivity index (χ2n) is 5.16. The van der Waals surface area contributed by atoms with Gasteiger partial charge in [0.25, 0.3) is 0 Å². The minimum absolute atomic E-state index is 0. The van der Waals surface area contributed by atoms with Crippen LogP contribution in [-0.2, 0) is 32.7 Å². The molecular formula is C16H18N6O9Zn. The number of aromatic nitrogens is 4. The number of nitrogens with zero attached hydrogens (tertiary/aromatic N) is 4. The number of para-hydroxylation sites is 4. The molecule has 0 fully saturated rings. The number of H-pyrrole nitrogens is 2. The molecule has 0 bridgehead atoms. The second-order valence-corrected chi connectivity index (χ2v) is 5.16. The molecule has 2 aromatic carbocycles. The standard InChI is InChI=1S/2C8H8N2O.2NO3.H2O.Zn/c2*11-5-8-9-6-3-1-2-4-7(6)10-8;2*2-1(3)4;;/h2*1-4,11H,5H2,(H,9,10);;;1H2;/q;;2*-1;;+2. The Hall–Kier alpha value is -3.72. The number of rotatable bonds is 2. The van der Waals surface area contributed by atoms with E-state index in [2.05, 4.69) is 19.9 Å². The molecule has 0 spiro atoms. The summed E-state index contributed by atoms with van der Waals surface area (Å²) in [6.45, 7) is -0.0661. The van der Waals surface area contributed by atoms with Gasteiger partial charge < -0.3 is 56.3 Å². The molecule has 0 aliphatic heterocycles. The van der Waals surface area contributed by atoms with E-state index in [1.165, 1.54) is 0 Å². The molecule has 0 unspecified atom stereocenters. The van der Waals surface area contributed by atoms with Crippen molar-refractivity contribution in [3.8, 4) is 0 Å². The molecule has 0 atom stereocenters. The molecule has 0 saturated heterocycles. The van der Waals surface area contributed by atoms with Gasteiger partial charge >= 0.3 is 19.5 Å². The smallest absolute Gasteiger partial charge is 0.412 e. The molecule has 0 aliphatic carbocycles. The van der Waals surface area contributed by atoms with E-state index in [0.29, 0.717) is 11.6 Å². The second kappa shape index (κ2) is 16.0. The van der Waals surface area contributed by atoms with Gasteiger partial charge in [-0.15, -0.1) is 0 Å². The van der Waals surface area contributed by atoms with Crippen LogP contribution in [0.2, 0.25) is 0 Å². The predicted octanol–water partition coefficient (Wildman–Crippen LogP) is 0.805. The van der Waals surface area contributed by atoms with Crippen molar-refractivity contribution in [1.82, 2.24) is 19.9 Å². The third-order valence-electron chi connectivity index (χ3n) is 3.18. The number of nitrogens with one attached hydrogen (secondary N) is 2. The molecule has 2 aromatic heterocycles. The van der Waals surface area contributed by atoms with Gasteiger partial charge in [-0.1, -0.05) is 24.3 Å². The number of hydrogen-bond acceptors (Lipinski definition) is 10. The van der Waals surface area contributed by atoms with E-state index in [-0.39, 0.29) is 38.2 Å². The molecule has 4 aromatic rings. The number of benzene rings is 2. The fourth-order valence-corrected chi connectivity index (χ4v) is 2.16. The zero-order valence-corrected chi connectivity index (χ0v) is 19.3. The van der Waals surface area contributed by atoms with E-state index in [1.54, 1.807) is 0 Å². The van der Waals surface area contributed by atoms with Gasteiger partial charge in [-0.25, -0.2) is 9.97 Å². The average Bonchev–Trinajstić information content (AvgIpc) is 3.30. The number of aliphatic hydroxyl groups excluding tert-OH is 2. The molecule has 16 heteroatoms. The van der Waals surface area contributed by atoms with E-state index < -0.39 is 10.2 Å². The molecule has 0 saturated carbocycles. The molecule has 4 rings (SSSR count). The number of hydrogen-bond donors (Lipinski definition) is 4. The van der Waals surface area contributed by atoms with Gasteiger partial charge in [-0.3, -0.25) is 0 Å². The zero-order chi connectivity index (χ0) is 22.5. The van der Waals surface area contributed by atoms with Crippen molar-refractivity contribution in [3.05, 3.63) is 90.8 Å². The predicted molar refractivity (Wildman–Crippen MR) is 108 cm³/mol. The third kappa shape index (κ3) is 11.5. The fourth-order valence-electron chi connectivity index (χ4n) is 2.16. The van der Waals surface area contributed by atoms with Crippen LogP contribution in [0.1, 0.15) is 11.6 Å². The first kappa shape index (κ1) is 30.5. The van der Waals surface area contributed by atoms with Crippen LogP contribution in [0.25, 0.3) is 22.1 Å². The van der Waals surface area contributed by atoms with Gasteiger partial charge in [0.05, 0.1) is 32.2 Å². The summed E-state index contributed by atoms with van der Waals surface area (Å²) in [5.41, 5.74) is 3.74. The summed E-state index contributed by atoms with van der Waals surface area (Å²) in [5.74, 6) is 1.23. The number of aromatic amines is 2. The summed E-state index contributed by atoms with van der Waals surface area (Å²) >= 11 is 0. The van der Waals surface area contributed by atoms with Crippen LogP contribution in [0.3, 0.4) is 0 Å². The maximum atomic E-state index is 8.74. The first-order chi connectivity index (χ1) is 14.3. The van der Waals surface area contributed by atoms with Gasteiger partial charge in [0.15, 0.2) is 0 Å². The van der Waals surface area contributed by atoms with E-state index in [0.717, 1.165) is 22.1 Å². The Morgan fingerprint density at radius 1 is 0.719 bits per heavy atom. The quantitative estimate of drug-likeness (QED) is 0.170. The van der Waals surface area contributed by atoms with E-state index in [4.69, 9.17) is 40.9 Å². The summed E-state index contributed by atoms with van der Waals surface area (Å²) in [7, 11) is 0. The fraction of sp³-hybridized carbons (Fsp3) is 0.125. The van der Waals surface area contributed by atoms with Crippen molar-refractivity contribution < 1.29 is 45.3 Å². The first-order valence-corrected chi connectivity index (χ1v) is 7.98. The summed E-state index contributed by atoms with van der Waals surface area (Å²) < 4.78 is 0. The largest absolute Gasteiger partial charge is 2.00 e. The molecule has 15 nitrogen and oxygen atoms in total. The topological polar surface area (TPSA) is 262 Å². The third-order valence-corrected chi connectivity index (χ3v) is 3.18. The Labute approximate surface area is 191 Å². The zero-order valence-electron chi connectivity index (χ0n) is 16.4. The molecular weight excluding hydrogens is 486 g/mol. The first-order valence-electron chi connectivity index (χ1n) is 7.98. The molecule has 0 radical (unpaired) electrons. The van der Waals surface area contributed by atoms with Gasteiger partial charge in [-0.2, -0.15) is 0 Å². The molecule has 168 valence electrons. The molecule has 0 amide bonds. The molecule has 0 aliphatic rings. The Balaban J connectivity index is 0. The van der Waals surface area contributed by atoms with Gasteiger partial charge in [0.2, 0.25) is 0 Å². The number of imidazole rings is 2. The van der Waals surface area contributed by atoms with Gasteiger partial charge in [0.1, 0.15) is 24.9 Å². The van der Waals surface area contributed by atoms with Crippen LogP contribution < -0.4 is 0 Å². The van der Waals surface area contributed by atoms with Crippen molar-refractivity contribution in [2.24, 2.45) is 0 Å². The Morgan fingerprint density at radius 3 is 1.25 bits per heavy atom. The number of aliphatic hydroxyl groups is 2. The van der Waals surface area contributed by atoms with Crippen molar-refractivity contribution in [2.45, 2.75) is 13.2 Å². The normalized spacial score (nSPS) is 8.81. The maximum Gasteiger partial charge on any atom is 2.00 e. The minimum Gasteiger partial charge on any atom is -0.412 e. The Morgan fingerprint density at radius 2 is 1.00 bits per heavy atom. The molecule has 2 heterocycles. The van der Waals surface area contributed by atoms with Gasteiger partial charge in [0, 0.05) is 0 Å². The van der Waals surface area contributed by atoms with E-state index >= 15 is 0 Å². The maximum absolute atomic E-state index is 8.74. The van der Waals surface area contributed by atoms with Crippen LogP contribution in [0.15, 0.2) is 48.5 Å². The summed E-state index contributed by atoms with van der Waals surface area (Å²) in [5, 5.41) is 47.0. The van der Waals surface area contributed by atoms with Crippen LogP contribution in [-0.4, -0.2) is 45.8 Å². The SMILES string of the molecule is O.O=[N+]([O-])[O-].O=[N+]([O-])[O-].OCc1nc2ccccc2[nH]1.OCc1nc2ccccc2[nH]1.[Zn+2]. The molecule has 6 N–H and O–H groups in total. The molecule has 32 heavy (non-hydrogen) atoms. The summed E-state index contributed by atoms with van der Waals surface area (Å²) in [6, 6.07) is 15.4. The number of fused-ring (bicyclic) bond motifs is 2. The van der Waals surface area contributed by atoms with E-state index in [9.17, 15) is 0 Å². The summed E-state index contributed by atoms with van der Waals surface area (Å²) in [4.78, 5) is 30.7. The van der Waals surface area contributed by atoms with Crippen LogP contribution in [0.4, 0.5) is 0 Å². The Kier molecular flexibility index (Phi) is 15.3. The average molecular weight is 504 g/mol. The van der Waals surface area contributed by atoms with Crippen LogP contribution >= 0.6 is 0 Å². The van der Waals surface area contributed by atoms with Crippen molar-refractivity contribution >= 4 is 22.1 Å². The van der Waals surface area contributed by atoms with Crippen molar-refractivity contribution in [2.75, 3.05) is 0 Å². The monoisotopic (exact) mass is 502 g/mol.